The minimum atomic E-state index is -0.205. The third-order valence-electron chi connectivity index (χ3n) is 2.74. The largest absolute Gasteiger partial charge is 0.496 e. The predicted octanol–water partition coefficient (Wildman–Crippen LogP) is 1.55. The number of hydrogen-bond donors (Lipinski definition) is 1. The van der Waals surface area contributed by atoms with Crippen molar-refractivity contribution in [2.75, 3.05) is 27.4 Å². The van der Waals surface area contributed by atoms with E-state index < -0.39 is 0 Å². The lowest BCUT2D eigenvalue weighted by Crippen LogP contribution is -2.16. The molecule has 1 unspecified atom stereocenters. The number of ether oxygens (including phenoxy) is 3. The second-order valence-corrected chi connectivity index (χ2v) is 4.09. The van der Waals surface area contributed by atoms with E-state index in [1.165, 1.54) is 0 Å². The summed E-state index contributed by atoms with van der Waals surface area (Å²) < 4.78 is 15.9. The number of nitrogens with two attached hydrogens (primary N) is 1. The highest BCUT2D eigenvalue weighted by Crippen LogP contribution is 2.27. The van der Waals surface area contributed by atoms with Crippen molar-refractivity contribution in [3.05, 3.63) is 18.2 Å². The lowest BCUT2D eigenvalue weighted by Gasteiger charge is -2.11. The van der Waals surface area contributed by atoms with Gasteiger partial charge in [-0.25, -0.2) is 0 Å². The Balaban J connectivity index is 2.46. The van der Waals surface area contributed by atoms with Gasteiger partial charge >= 0.3 is 0 Å². The molecule has 1 atom stereocenters. The van der Waals surface area contributed by atoms with Gasteiger partial charge in [0.05, 0.1) is 20.8 Å². The number of benzene rings is 1. The van der Waals surface area contributed by atoms with E-state index >= 15 is 0 Å². The highest BCUT2D eigenvalue weighted by Gasteiger charge is 2.06. The van der Waals surface area contributed by atoms with Gasteiger partial charge in [-0.05, 0) is 12.8 Å². The Bertz CT molecular complexity index is 373. The van der Waals surface area contributed by atoms with E-state index in [2.05, 4.69) is 0 Å². The fourth-order valence-electron chi connectivity index (χ4n) is 1.61. The molecular formula is C14H20NO4. The number of methoxy groups -OCH3 is 2. The van der Waals surface area contributed by atoms with E-state index in [1.54, 1.807) is 32.4 Å². The summed E-state index contributed by atoms with van der Waals surface area (Å²) in [5, 5.41) is 0. The number of carbonyl (C=O) groups excluding carboxylic acids is 1. The molecule has 19 heavy (non-hydrogen) atoms. The molecule has 1 rings (SSSR count). The first-order chi connectivity index (χ1) is 9.23. The molecule has 0 amide bonds. The first-order valence-electron chi connectivity index (χ1n) is 6.17. The molecule has 0 heterocycles. The summed E-state index contributed by atoms with van der Waals surface area (Å²) in [7, 11) is 3.18. The van der Waals surface area contributed by atoms with Crippen LogP contribution in [0.2, 0.25) is 0 Å². The Kier molecular flexibility index (Phi) is 6.74. The molecule has 105 valence electrons. The van der Waals surface area contributed by atoms with Gasteiger partial charge in [0.2, 0.25) is 6.29 Å². The summed E-state index contributed by atoms with van der Waals surface area (Å²) in [6.45, 7) is 0.838. The second kappa shape index (κ2) is 8.37. The summed E-state index contributed by atoms with van der Waals surface area (Å²) in [5.74, 6) is 1.82. The van der Waals surface area contributed by atoms with E-state index in [1.807, 2.05) is 6.29 Å². The Labute approximate surface area is 113 Å². The van der Waals surface area contributed by atoms with E-state index in [0.717, 1.165) is 6.42 Å². The number of rotatable bonds is 9. The van der Waals surface area contributed by atoms with Crippen LogP contribution < -0.4 is 19.9 Å². The molecule has 1 radical (unpaired) electrons. The Hall–Kier alpha value is -1.75. The Morgan fingerprint density at radius 1 is 1.16 bits per heavy atom. The van der Waals surface area contributed by atoms with E-state index in [0.29, 0.717) is 36.8 Å². The molecule has 0 aliphatic carbocycles. The molecule has 0 aromatic heterocycles. The van der Waals surface area contributed by atoms with E-state index in [4.69, 9.17) is 19.9 Å². The van der Waals surface area contributed by atoms with Crippen LogP contribution in [0.15, 0.2) is 18.2 Å². The summed E-state index contributed by atoms with van der Waals surface area (Å²) in [5.41, 5.74) is 5.42. The minimum Gasteiger partial charge on any atom is -0.496 e. The average Bonchev–Trinajstić information content (AvgIpc) is 2.47. The topological polar surface area (TPSA) is 70.8 Å². The smallest absolute Gasteiger partial charge is 0.203 e. The third kappa shape index (κ3) is 5.18. The monoisotopic (exact) mass is 266 g/mol. The molecular weight excluding hydrogens is 246 g/mol. The second-order valence-electron chi connectivity index (χ2n) is 4.09. The van der Waals surface area contributed by atoms with Crippen molar-refractivity contribution < 1.29 is 19.0 Å². The van der Waals surface area contributed by atoms with Crippen LogP contribution in [-0.4, -0.2) is 33.7 Å². The highest BCUT2D eigenvalue weighted by molar-refractivity contribution is 5.54. The van der Waals surface area contributed by atoms with Gasteiger partial charge in [-0.15, -0.1) is 0 Å². The molecule has 1 aromatic rings. The van der Waals surface area contributed by atoms with Crippen molar-refractivity contribution in [3.8, 4) is 17.2 Å². The van der Waals surface area contributed by atoms with Gasteiger partial charge in [0.15, 0.2) is 0 Å². The molecule has 1 aromatic carbocycles. The molecule has 5 nitrogen and oxygen atoms in total. The van der Waals surface area contributed by atoms with Crippen LogP contribution in [0.25, 0.3) is 0 Å². The minimum absolute atomic E-state index is 0.205. The summed E-state index contributed by atoms with van der Waals surface area (Å²) >= 11 is 0. The maximum atomic E-state index is 10.5. The molecule has 0 saturated heterocycles. The van der Waals surface area contributed by atoms with Gasteiger partial charge in [-0.2, -0.15) is 0 Å². The van der Waals surface area contributed by atoms with Crippen LogP contribution in [0.3, 0.4) is 0 Å². The van der Waals surface area contributed by atoms with Crippen molar-refractivity contribution in [2.45, 2.75) is 12.8 Å². The van der Waals surface area contributed by atoms with E-state index in [-0.39, 0.29) is 5.92 Å². The average molecular weight is 266 g/mol. The molecule has 0 saturated carbocycles. The molecule has 5 heteroatoms. The van der Waals surface area contributed by atoms with Crippen LogP contribution in [0.4, 0.5) is 0 Å². The summed E-state index contributed by atoms with van der Waals surface area (Å²) in [4.78, 5) is 10.5. The van der Waals surface area contributed by atoms with Gasteiger partial charge in [0.1, 0.15) is 17.2 Å². The Morgan fingerprint density at radius 2 is 1.74 bits per heavy atom. The molecule has 0 bridgehead atoms. The van der Waals surface area contributed by atoms with Crippen molar-refractivity contribution in [2.24, 2.45) is 11.7 Å². The normalized spacial score (nSPS) is 11.7. The lowest BCUT2D eigenvalue weighted by atomic mass is 10.1. The van der Waals surface area contributed by atoms with Gasteiger partial charge in [0, 0.05) is 30.7 Å². The standard InChI is InChI=1S/C14H20NO4/c1-17-12-6-13(18-2)8-14(7-12)19-5-3-4-11(9-15)10-16/h6-8,11H,3-5,9,15H2,1-2H3. The number of hydrogen-bond acceptors (Lipinski definition) is 5. The van der Waals surface area contributed by atoms with Gasteiger partial charge in [-0.3, -0.25) is 4.79 Å². The van der Waals surface area contributed by atoms with E-state index in [9.17, 15) is 4.79 Å². The highest BCUT2D eigenvalue weighted by atomic mass is 16.5. The van der Waals surface area contributed by atoms with Crippen molar-refractivity contribution >= 4 is 6.29 Å². The first-order valence-corrected chi connectivity index (χ1v) is 6.17. The zero-order valence-corrected chi connectivity index (χ0v) is 11.3. The molecule has 2 N–H and O–H groups in total. The van der Waals surface area contributed by atoms with Crippen LogP contribution in [0.1, 0.15) is 12.8 Å². The maximum absolute atomic E-state index is 10.5. The SMILES string of the molecule is COc1cc(OC)cc(OCCCC([C]=O)CN)c1. The first kappa shape index (κ1) is 15.3. The molecule has 0 aliphatic rings. The summed E-state index contributed by atoms with van der Waals surface area (Å²) in [6.07, 6.45) is 3.34. The van der Waals surface area contributed by atoms with Crippen molar-refractivity contribution in [3.63, 3.8) is 0 Å². The zero-order valence-electron chi connectivity index (χ0n) is 11.3. The van der Waals surface area contributed by atoms with Gasteiger partial charge < -0.3 is 19.9 Å². The fraction of sp³-hybridized carbons (Fsp3) is 0.500. The Morgan fingerprint density at radius 3 is 2.21 bits per heavy atom. The third-order valence-corrected chi connectivity index (χ3v) is 2.74. The predicted molar refractivity (Wildman–Crippen MR) is 72.5 cm³/mol. The quantitative estimate of drug-likeness (QED) is 0.687. The zero-order chi connectivity index (χ0) is 14.1. The van der Waals surface area contributed by atoms with Gasteiger partial charge in [0.25, 0.3) is 0 Å². The van der Waals surface area contributed by atoms with Crippen LogP contribution in [-0.2, 0) is 4.79 Å². The molecule has 0 aliphatic heterocycles. The molecule has 0 spiro atoms. The van der Waals surface area contributed by atoms with Crippen LogP contribution in [0, 0.1) is 5.92 Å². The maximum Gasteiger partial charge on any atom is 0.203 e. The van der Waals surface area contributed by atoms with Gasteiger partial charge in [-0.1, -0.05) is 0 Å². The van der Waals surface area contributed by atoms with Crippen molar-refractivity contribution in [1.29, 1.82) is 0 Å². The van der Waals surface area contributed by atoms with Crippen LogP contribution in [0.5, 0.6) is 17.2 Å². The fourth-order valence-corrected chi connectivity index (χ4v) is 1.61. The van der Waals surface area contributed by atoms with Crippen molar-refractivity contribution in [1.82, 2.24) is 0 Å². The summed E-state index contributed by atoms with van der Waals surface area (Å²) in [6, 6.07) is 5.35. The molecule has 0 fully saturated rings. The van der Waals surface area contributed by atoms with Crippen LogP contribution >= 0.6 is 0 Å². The lowest BCUT2D eigenvalue weighted by molar-refractivity contribution is 0.295.